The number of hydrogen-bond acceptors (Lipinski definition) is 4. The SMILES string of the molecule is CN(C)CCN(C)C.CN(C)CCN(C)C. The van der Waals surface area contributed by atoms with Gasteiger partial charge in [0.05, 0.1) is 0 Å². The van der Waals surface area contributed by atoms with E-state index in [9.17, 15) is 0 Å². The topological polar surface area (TPSA) is 13.0 Å². The molecule has 0 bridgehead atoms. The molecule has 0 aromatic heterocycles. The van der Waals surface area contributed by atoms with Crippen LogP contribution in [0.5, 0.6) is 0 Å². The maximum Gasteiger partial charge on any atom is 0.0103 e. The van der Waals surface area contributed by atoms with Crippen molar-refractivity contribution < 1.29 is 0 Å². The smallest absolute Gasteiger partial charge is 0.0103 e. The Hall–Kier alpha value is -0.160. The lowest BCUT2D eigenvalue weighted by molar-refractivity contribution is 0.320. The Labute approximate surface area is 103 Å². The molecule has 0 saturated carbocycles. The number of likely N-dealkylation sites (N-methyl/N-ethyl adjacent to an activating group) is 4. The molecule has 0 aromatic rings. The maximum absolute atomic E-state index is 2.18. The zero-order valence-corrected chi connectivity index (χ0v) is 12.6. The first-order valence-electron chi connectivity index (χ1n) is 5.84. The van der Waals surface area contributed by atoms with Gasteiger partial charge < -0.3 is 19.6 Å². The van der Waals surface area contributed by atoms with Crippen molar-refractivity contribution in [3.63, 3.8) is 0 Å². The highest BCUT2D eigenvalue weighted by Gasteiger charge is 1.90. The summed E-state index contributed by atoms with van der Waals surface area (Å²) >= 11 is 0. The molecule has 0 atom stereocenters. The third-order valence-corrected chi connectivity index (χ3v) is 1.99. The summed E-state index contributed by atoms with van der Waals surface area (Å²) in [6, 6.07) is 0. The van der Waals surface area contributed by atoms with E-state index < -0.39 is 0 Å². The minimum Gasteiger partial charge on any atom is -0.308 e. The van der Waals surface area contributed by atoms with Gasteiger partial charge in [-0.15, -0.1) is 0 Å². The van der Waals surface area contributed by atoms with Crippen molar-refractivity contribution in [1.29, 1.82) is 0 Å². The molecular weight excluding hydrogens is 200 g/mol. The molecule has 0 N–H and O–H groups in total. The molecule has 100 valence electrons. The average molecular weight is 232 g/mol. The van der Waals surface area contributed by atoms with Crippen LogP contribution in [0.4, 0.5) is 0 Å². The van der Waals surface area contributed by atoms with Crippen LogP contribution in [-0.4, -0.2) is 102 Å². The van der Waals surface area contributed by atoms with Crippen molar-refractivity contribution in [1.82, 2.24) is 19.6 Å². The summed E-state index contributed by atoms with van der Waals surface area (Å²) in [7, 11) is 16.7. The van der Waals surface area contributed by atoms with Crippen molar-refractivity contribution in [2.75, 3.05) is 82.6 Å². The maximum atomic E-state index is 2.18. The first kappa shape index (κ1) is 18.2. The van der Waals surface area contributed by atoms with Crippen molar-refractivity contribution >= 4 is 0 Å². The summed E-state index contributed by atoms with van der Waals surface area (Å²) < 4.78 is 0. The lowest BCUT2D eigenvalue weighted by Gasteiger charge is -2.13. The molecule has 0 radical (unpaired) electrons. The molecule has 4 nitrogen and oxygen atoms in total. The van der Waals surface area contributed by atoms with Gasteiger partial charge in [0, 0.05) is 26.2 Å². The molecular formula is C12H32N4. The molecule has 0 aromatic carbocycles. The first-order valence-corrected chi connectivity index (χ1v) is 5.84. The summed E-state index contributed by atoms with van der Waals surface area (Å²) in [5.41, 5.74) is 0. The van der Waals surface area contributed by atoms with Gasteiger partial charge in [0.2, 0.25) is 0 Å². The minimum atomic E-state index is 1.15. The second-order valence-corrected chi connectivity index (χ2v) is 5.21. The Bertz CT molecular complexity index is 101. The van der Waals surface area contributed by atoms with E-state index in [0.29, 0.717) is 0 Å². The van der Waals surface area contributed by atoms with Crippen LogP contribution in [-0.2, 0) is 0 Å². The van der Waals surface area contributed by atoms with Crippen LogP contribution in [0.2, 0.25) is 0 Å². The van der Waals surface area contributed by atoms with Crippen LogP contribution in [0.15, 0.2) is 0 Å². The van der Waals surface area contributed by atoms with Gasteiger partial charge in [-0.2, -0.15) is 0 Å². The van der Waals surface area contributed by atoms with Crippen LogP contribution >= 0.6 is 0 Å². The molecule has 0 aliphatic carbocycles. The normalized spacial score (nSPS) is 11.2. The average Bonchev–Trinajstić information content (AvgIpc) is 2.12. The lowest BCUT2D eigenvalue weighted by Crippen LogP contribution is -2.25. The van der Waals surface area contributed by atoms with Crippen LogP contribution in [0.3, 0.4) is 0 Å². The van der Waals surface area contributed by atoms with Crippen LogP contribution in [0.25, 0.3) is 0 Å². The predicted molar refractivity (Wildman–Crippen MR) is 74.2 cm³/mol. The van der Waals surface area contributed by atoms with Gasteiger partial charge in [0.1, 0.15) is 0 Å². The fraction of sp³-hybridized carbons (Fsp3) is 1.00. The van der Waals surface area contributed by atoms with E-state index in [-0.39, 0.29) is 0 Å². The minimum absolute atomic E-state index is 1.15. The lowest BCUT2D eigenvalue weighted by atomic mass is 10.5. The van der Waals surface area contributed by atoms with E-state index in [1.807, 2.05) is 0 Å². The summed E-state index contributed by atoms with van der Waals surface area (Å²) in [6.45, 7) is 4.58. The van der Waals surface area contributed by atoms with Crippen molar-refractivity contribution in [2.45, 2.75) is 0 Å². The molecule has 4 heteroatoms. The third kappa shape index (κ3) is 23.6. The van der Waals surface area contributed by atoms with E-state index >= 15 is 0 Å². The standard InChI is InChI=1S/2C6H16N2/c2*1-7(2)5-6-8(3)4/h2*5-6H2,1-4H3. The molecule has 0 aliphatic rings. The molecule has 0 fully saturated rings. The van der Waals surface area contributed by atoms with Gasteiger partial charge in [-0.3, -0.25) is 0 Å². The van der Waals surface area contributed by atoms with E-state index in [0.717, 1.165) is 26.2 Å². The molecule has 0 rings (SSSR count). The molecule has 16 heavy (non-hydrogen) atoms. The van der Waals surface area contributed by atoms with Gasteiger partial charge in [-0.25, -0.2) is 0 Å². The van der Waals surface area contributed by atoms with Gasteiger partial charge in [-0.05, 0) is 56.4 Å². The van der Waals surface area contributed by atoms with Crippen LogP contribution < -0.4 is 0 Å². The summed E-state index contributed by atoms with van der Waals surface area (Å²) in [5.74, 6) is 0. The molecule has 0 unspecified atom stereocenters. The molecule has 0 amide bonds. The Morgan fingerprint density at radius 3 is 0.562 bits per heavy atom. The number of nitrogens with zero attached hydrogens (tertiary/aromatic N) is 4. The van der Waals surface area contributed by atoms with Crippen molar-refractivity contribution in [3.8, 4) is 0 Å². The van der Waals surface area contributed by atoms with E-state index in [4.69, 9.17) is 0 Å². The third-order valence-electron chi connectivity index (χ3n) is 1.99. The largest absolute Gasteiger partial charge is 0.308 e. The van der Waals surface area contributed by atoms with Gasteiger partial charge >= 0.3 is 0 Å². The highest BCUT2D eigenvalue weighted by atomic mass is 15.1. The molecule has 0 saturated heterocycles. The van der Waals surface area contributed by atoms with Crippen LogP contribution in [0, 0.1) is 0 Å². The number of hydrogen-bond donors (Lipinski definition) is 0. The molecule has 0 spiro atoms. The Kier molecular flexibility index (Phi) is 12.9. The van der Waals surface area contributed by atoms with Crippen LogP contribution in [0.1, 0.15) is 0 Å². The van der Waals surface area contributed by atoms with Gasteiger partial charge in [0.15, 0.2) is 0 Å². The zero-order chi connectivity index (χ0) is 13.1. The molecule has 0 heterocycles. The predicted octanol–water partition coefficient (Wildman–Crippen LogP) is 0.219. The first-order chi connectivity index (χ1) is 7.25. The second kappa shape index (κ2) is 11.3. The zero-order valence-electron chi connectivity index (χ0n) is 12.6. The fourth-order valence-electron chi connectivity index (χ4n) is 0.800. The van der Waals surface area contributed by atoms with Crippen molar-refractivity contribution in [2.24, 2.45) is 0 Å². The quantitative estimate of drug-likeness (QED) is 0.649. The highest BCUT2D eigenvalue weighted by molar-refractivity contribution is 4.46. The highest BCUT2D eigenvalue weighted by Crippen LogP contribution is 1.76. The Morgan fingerprint density at radius 1 is 0.375 bits per heavy atom. The van der Waals surface area contributed by atoms with Crippen molar-refractivity contribution in [3.05, 3.63) is 0 Å². The Balaban J connectivity index is 0. The van der Waals surface area contributed by atoms with E-state index in [1.165, 1.54) is 0 Å². The summed E-state index contributed by atoms with van der Waals surface area (Å²) in [4.78, 5) is 8.72. The Morgan fingerprint density at radius 2 is 0.500 bits per heavy atom. The summed E-state index contributed by atoms with van der Waals surface area (Å²) in [5, 5.41) is 0. The fourth-order valence-corrected chi connectivity index (χ4v) is 0.800. The van der Waals surface area contributed by atoms with E-state index in [2.05, 4.69) is 76.0 Å². The van der Waals surface area contributed by atoms with E-state index in [1.54, 1.807) is 0 Å². The molecule has 0 aliphatic heterocycles. The summed E-state index contributed by atoms with van der Waals surface area (Å²) in [6.07, 6.45) is 0. The number of rotatable bonds is 6. The van der Waals surface area contributed by atoms with Gasteiger partial charge in [-0.1, -0.05) is 0 Å². The van der Waals surface area contributed by atoms with Gasteiger partial charge in [0.25, 0.3) is 0 Å². The second-order valence-electron chi connectivity index (χ2n) is 5.21. The monoisotopic (exact) mass is 232 g/mol.